The minimum atomic E-state index is -4.33. The number of halogens is 4. The van der Waals surface area contributed by atoms with Crippen LogP contribution in [0.4, 0.5) is 13.2 Å². The van der Waals surface area contributed by atoms with E-state index < -0.39 is 12.8 Å². The highest BCUT2D eigenvalue weighted by Crippen LogP contribution is 2.16. The first kappa shape index (κ1) is 26.4. The zero-order valence-electron chi connectivity index (χ0n) is 16.9. The average Bonchev–Trinajstić information content (AvgIpc) is 2.65. The number of nitrogens with one attached hydrogen (secondary N) is 2. The summed E-state index contributed by atoms with van der Waals surface area (Å²) in [7, 11) is 1.68. The fourth-order valence-corrected chi connectivity index (χ4v) is 3.14. The third-order valence-corrected chi connectivity index (χ3v) is 4.52. The summed E-state index contributed by atoms with van der Waals surface area (Å²) in [6, 6.07) is 7.45. The summed E-state index contributed by atoms with van der Waals surface area (Å²) in [6.07, 6.45) is -2.58. The molecule has 170 valence electrons. The minimum absolute atomic E-state index is 0. The number of guanidine groups is 1. The molecule has 4 N–H and O–H groups in total. The maximum Gasteiger partial charge on any atom is 0.411 e. The first-order chi connectivity index (χ1) is 13.7. The molecule has 0 aliphatic carbocycles. The Balaban J connectivity index is 0.00000450. The van der Waals surface area contributed by atoms with E-state index in [0.29, 0.717) is 18.1 Å². The fourth-order valence-electron chi connectivity index (χ4n) is 3.14. The van der Waals surface area contributed by atoms with Gasteiger partial charge in [-0.3, -0.25) is 14.7 Å². The lowest BCUT2D eigenvalue weighted by molar-refractivity contribution is -0.176. The molecule has 2 rings (SSSR count). The minimum Gasteiger partial charge on any atom is -0.369 e. The van der Waals surface area contributed by atoms with Gasteiger partial charge < -0.3 is 21.1 Å². The number of carbonyl (C=O) groups excluding carboxylic acids is 1. The van der Waals surface area contributed by atoms with Crippen LogP contribution < -0.4 is 16.4 Å². The number of rotatable bonds is 8. The molecule has 7 nitrogen and oxygen atoms in total. The van der Waals surface area contributed by atoms with Gasteiger partial charge >= 0.3 is 6.18 Å². The molecular formula is C19H29F3IN5O2. The third-order valence-electron chi connectivity index (χ3n) is 4.52. The molecule has 0 atom stereocenters. The maximum atomic E-state index is 12.2. The van der Waals surface area contributed by atoms with Crippen molar-refractivity contribution in [1.29, 1.82) is 0 Å². The van der Waals surface area contributed by atoms with Crippen LogP contribution in [0.5, 0.6) is 0 Å². The molecule has 0 aromatic heterocycles. The molecule has 1 aliphatic rings. The monoisotopic (exact) mass is 543 g/mol. The van der Waals surface area contributed by atoms with E-state index in [0.717, 1.165) is 31.5 Å². The van der Waals surface area contributed by atoms with Crippen molar-refractivity contribution in [2.24, 2.45) is 10.7 Å². The number of amides is 1. The third kappa shape index (κ3) is 10.4. The van der Waals surface area contributed by atoms with Gasteiger partial charge in [0.2, 0.25) is 5.91 Å². The normalized spacial score (nSPS) is 16.1. The van der Waals surface area contributed by atoms with Gasteiger partial charge in [-0.25, -0.2) is 0 Å². The van der Waals surface area contributed by atoms with Crippen LogP contribution in [0.3, 0.4) is 0 Å². The number of nitrogens with two attached hydrogens (primary N) is 1. The predicted molar refractivity (Wildman–Crippen MR) is 120 cm³/mol. The molecule has 1 aliphatic heterocycles. The lowest BCUT2D eigenvalue weighted by Crippen LogP contribution is -2.49. The second-order valence-corrected chi connectivity index (χ2v) is 7.01. The van der Waals surface area contributed by atoms with Crippen LogP contribution in [-0.2, 0) is 22.7 Å². The SMILES string of the molecule is CN=C(NCc1cccc(COCC(F)(F)F)c1)NC1CCN(CC(N)=O)CC1.I. The second kappa shape index (κ2) is 13.0. The molecule has 0 unspecified atom stereocenters. The van der Waals surface area contributed by atoms with E-state index in [-0.39, 0.29) is 49.1 Å². The highest BCUT2D eigenvalue weighted by atomic mass is 127. The van der Waals surface area contributed by atoms with E-state index in [4.69, 9.17) is 10.5 Å². The molecule has 0 saturated carbocycles. The summed E-state index contributed by atoms with van der Waals surface area (Å²) in [5, 5.41) is 6.58. The summed E-state index contributed by atoms with van der Waals surface area (Å²) in [6.45, 7) is 0.986. The lowest BCUT2D eigenvalue weighted by Gasteiger charge is -2.32. The van der Waals surface area contributed by atoms with Crippen LogP contribution >= 0.6 is 24.0 Å². The Morgan fingerprint density at radius 3 is 2.57 bits per heavy atom. The molecule has 1 heterocycles. The van der Waals surface area contributed by atoms with Gasteiger partial charge in [0.05, 0.1) is 13.2 Å². The van der Waals surface area contributed by atoms with Gasteiger partial charge in [-0.15, -0.1) is 24.0 Å². The second-order valence-electron chi connectivity index (χ2n) is 7.01. The summed E-state index contributed by atoms with van der Waals surface area (Å²) < 4.78 is 41.2. The molecule has 1 saturated heterocycles. The van der Waals surface area contributed by atoms with Crippen molar-refractivity contribution in [2.75, 3.05) is 33.3 Å². The van der Waals surface area contributed by atoms with Crippen molar-refractivity contribution >= 4 is 35.8 Å². The highest BCUT2D eigenvalue weighted by molar-refractivity contribution is 14.0. The smallest absolute Gasteiger partial charge is 0.369 e. The number of piperidine rings is 1. The van der Waals surface area contributed by atoms with E-state index in [1.54, 1.807) is 25.2 Å². The summed E-state index contributed by atoms with van der Waals surface area (Å²) in [5.74, 6) is 0.331. The van der Waals surface area contributed by atoms with Crippen molar-refractivity contribution in [3.63, 3.8) is 0 Å². The molecule has 0 bridgehead atoms. The van der Waals surface area contributed by atoms with Gasteiger partial charge in [0.1, 0.15) is 6.61 Å². The fraction of sp³-hybridized carbons (Fsp3) is 0.579. The topological polar surface area (TPSA) is 92.0 Å². The van der Waals surface area contributed by atoms with Gasteiger partial charge in [0.15, 0.2) is 5.96 Å². The van der Waals surface area contributed by atoms with E-state index in [1.165, 1.54) is 0 Å². The molecular weight excluding hydrogens is 514 g/mol. The van der Waals surface area contributed by atoms with E-state index in [1.807, 2.05) is 11.0 Å². The maximum absolute atomic E-state index is 12.2. The van der Waals surface area contributed by atoms with Crippen LogP contribution in [-0.4, -0.2) is 62.3 Å². The van der Waals surface area contributed by atoms with E-state index >= 15 is 0 Å². The number of hydrogen-bond acceptors (Lipinski definition) is 4. The number of aliphatic imine (C=N–C) groups is 1. The Kier molecular flexibility index (Phi) is 11.4. The van der Waals surface area contributed by atoms with Gasteiger partial charge in [0, 0.05) is 32.7 Å². The molecule has 30 heavy (non-hydrogen) atoms. The molecule has 0 spiro atoms. The van der Waals surface area contributed by atoms with Crippen LogP contribution in [0.25, 0.3) is 0 Å². The Morgan fingerprint density at radius 1 is 1.30 bits per heavy atom. The van der Waals surface area contributed by atoms with Crippen molar-refractivity contribution in [1.82, 2.24) is 15.5 Å². The predicted octanol–water partition coefficient (Wildman–Crippen LogP) is 2.00. The number of hydrogen-bond donors (Lipinski definition) is 3. The van der Waals surface area contributed by atoms with Gasteiger partial charge in [-0.1, -0.05) is 24.3 Å². The first-order valence-electron chi connectivity index (χ1n) is 9.45. The molecule has 1 aromatic rings. The molecule has 1 fully saturated rings. The molecule has 1 aromatic carbocycles. The van der Waals surface area contributed by atoms with E-state index in [9.17, 15) is 18.0 Å². The van der Waals surface area contributed by atoms with Crippen molar-refractivity contribution in [3.8, 4) is 0 Å². The standard InChI is InChI=1S/C19H28F3N5O2.HI/c1-24-18(26-16-5-7-27(8-6-16)11-17(23)28)25-10-14-3-2-4-15(9-14)12-29-13-19(20,21)22;/h2-4,9,16H,5-8,10-13H2,1H3,(H2,23,28)(H2,24,25,26);1H. The zero-order valence-corrected chi connectivity index (χ0v) is 19.2. The van der Waals surface area contributed by atoms with Gasteiger partial charge in [-0.2, -0.15) is 13.2 Å². The highest BCUT2D eigenvalue weighted by Gasteiger charge is 2.27. The van der Waals surface area contributed by atoms with Crippen LogP contribution in [0.1, 0.15) is 24.0 Å². The summed E-state index contributed by atoms with van der Waals surface area (Å²) in [4.78, 5) is 17.2. The Bertz CT molecular complexity index is 695. The number of benzene rings is 1. The van der Waals surface area contributed by atoms with Gasteiger partial charge in [0.25, 0.3) is 0 Å². The summed E-state index contributed by atoms with van der Waals surface area (Å²) >= 11 is 0. The zero-order chi connectivity index (χ0) is 21.3. The number of nitrogens with zero attached hydrogens (tertiary/aromatic N) is 2. The molecule has 11 heteroatoms. The number of primary amides is 1. The number of ether oxygens (including phenoxy) is 1. The quantitative estimate of drug-likeness (QED) is 0.265. The Labute approximate surface area is 191 Å². The van der Waals surface area contributed by atoms with E-state index in [2.05, 4.69) is 15.6 Å². The Morgan fingerprint density at radius 2 is 1.97 bits per heavy atom. The number of alkyl halides is 3. The largest absolute Gasteiger partial charge is 0.411 e. The lowest BCUT2D eigenvalue weighted by atomic mass is 10.1. The number of carbonyl (C=O) groups is 1. The van der Waals surface area contributed by atoms with Crippen molar-refractivity contribution < 1.29 is 22.7 Å². The number of likely N-dealkylation sites (tertiary alicyclic amines) is 1. The van der Waals surface area contributed by atoms with Gasteiger partial charge in [-0.05, 0) is 24.0 Å². The van der Waals surface area contributed by atoms with Crippen LogP contribution in [0.2, 0.25) is 0 Å². The summed E-state index contributed by atoms with van der Waals surface area (Å²) in [5.41, 5.74) is 6.82. The van der Waals surface area contributed by atoms with Crippen LogP contribution in [0.15, 0.2) is 29.3 Å². The molecule has 1 amide bonds. The van der Waals surface area contributed by atoms with Crippen molar-refractivity contribution in [3.05, 3.63) is 35.4 Å². The average molecular weight is 543 g/mol. The molecule has 0 radical (unpaired) electrons. The van der Waals surface area contributed by atoms with Crippen LogP contribution in [0, 0.1) is 0 Å². The van der Waals surface area contributed by atoms with Crippen molar-refractivity contribution in [2.45, 2.75) is 38.2 Å². The Hall–Kier alpha value is -1.60. The first-order valence-corrected chi connectivity index (χ1v) is 9.45.